The highest BCUT2D eigenvalue weighted by molar-refractivity contribution is 6.19. The van der Waals surface area contributed by atoms with Crippen molar-refractivity contribution in [3.05, 3.63) is 150 Å². The smallest absolute Gasteiger partial charge is 0.255 e. The molecule has 0 aliphatic carbocycles. The van der Waals surface area contributed by atoms with E-state index in [2.05, 4.69) is 16.0 Å². The number of hydrogen-bond donors (Lipinski definition) is 4. The molecule has 0 aromatic heterocycles. The molecular formula is C36H32N4O4. The molecule has 5 N–H and O–H groups in total. The van der Waals surface area contributed by atoms with E-state index in [9.17, 15) is 14.4 Å². The van der Waals surface area contributed by atoms with Crippen LogP contribution in [0.3, 0.4) is 0 Å². The number of nitrogens with two attached hydrogens (primary N) is 1. The van der Waals surface area contributed by atoms with Crippen LogP contribution in [0.2, 0.25) is 0 Å². The Bertz CT molecular complexity index is 1690. The normalized spacial score (nSPS) is 10.8. The van der Waals surface area contributed by atoms with Crippen LogP contribution in [-0.4, -0.2) is 24.8 Å². The molecule has 0 fully saturated rings. The number of rotatable bonds is 10. The second kappa shape index (κ2) is 13.4. The van der Waals surface area contributed by atoms with Crippen molar-refractivity contribution in [2.24, 2.45) is 0 Å². The maximum atomic E-state index is 14.4. The lowest BCUT2D eigenvalue weighted by Crippen LogP contribution is -2.51. The third kappa shape index (κ3) is 6.60. The minimum atomic E-state index is -1.74. The summed E-state index contributed by atoms with van der Waals surface area (Å²) in [7, 11) is 1.57. The Morgan fingerprint density at radius 1 is 0.636 bits per heavy atom. The first-order valence-corrected chi connectivity index (χ1v) is 14.0. The highest BCUT2D eigenvalue weighted by Gasteiger charge is 2.48. The maximum Gasteiger partial charge on any atom is 0.255 e. The van der Waals surface area contributed by atoms with Gasteiger partial charge in [0.25, 0.3) is 5.91 Å². The van der Waals surface area contributed by atoms with Crippen LogP contribution in [0, 0.1) is 0 Å². The lowest BCUT2D eigenvalue weighted by Gasteiger charge is -2.32. The van der Waals surface area contributed by atoms with Crippen molar-refractivity contribution in [2.75, 3.05) is 28.8 Å². The molecule has 3 amide bonds. The minimum Gasteiger partial charge on any atom is -0.497 e. The molecule has 0 radical (unpaired) electrons. The van der Waals surface area contributed by atoms with Gasteiger partial charge >= 0.3 is 0 Å². The molecule has 0 aliphatic heterocycles. The predicted octanol–water partition coefficient (Wildman–Crippen LogP) is 6.29. The van der Waals surface area contributed by atoms with Crippen molar-refractivity contribution >= 4 is 40.5 Å². The number of benzene rings is 5. The Morgan fingerprint density at radius 3 is 1.68 bits per heavy atom. The summed E-state index contributed by atoms with van der Waals surface area (Å²) in [5.74, 6) is -0.779. The number of nitrogens with one attached hydrogen (secondary N) is 3. The van der Waals surface area contributed by atoms with Gasteiger partial charge in [-0.2, -0.15) is 0 Å². The summed E-state index contributed by atoms with van der Waals surface area (Å²) in [4.78, 5) is 41.9. The van der Waals surface area contributed by atoms with Crippen LogP contribution in [0.15, 0.2) is 133 Å². The largest absolute Gasteiger partial charge is 0.497 e. The number of amides is 3. The van der Waals surface area contributed by atoms with Gasteiger partial charge in [0, 0.05) is 16.9 Å². The molecule has 220 valence electrons. The van der Waals surface area contributed by atoms with Crippen LogP contribution in [-0.2, 0) is 21.4 Å². The third-order valence-electron chi connectivity index (χ3n) is 7.32. The van der Waals surface area contributed by atoms with Crippen LogP contribution >= 0.6 is 0 Å². The zero-order valence-electron chi connectivity index (χ0n) is 24.1. The van der Waals surface area contributed by atoms with E-state index in [1.165, 1.54) is 0 Å². The molecular weight excluding hydrogens is 552 g/mol. The summed E-state index contributed by atoms with van der Waals surface area (Å²) in [6.07, 6.45) is 0.0282. The molecule has 0 atom stereocenters. The SMILES string of the molecule is COc1ccc(CC(C(=O)Nc2ccccc2)(C(=O)Nc2ccccc2)c2ccc(C(=O)Nc3ccccc3N)cc2)cc1. The summed E-state index contributed by atoms with van der Waals surface area (Å²) in [5, 5.41) is 8.71. The molecule has 5 aromatic rings. The molecule has 0 saturated carbocycles. The first-order chi connectivity index (χ1) is 21.4. The second-order valence-corrected chi connectivity index (χ2v) is 10.2. The monoisotopic (exact) mass is 584 g/mol. The lowest BCUT2D eigenvalue weighted by atomic mass is 9.73. The van der Waals surface area contributed by atoms with Gasteiger partial charge in [0.15, 0.2) is 5.41 Å². The lowest BCUT2D eigenvalue weighted by molar-refractivity contribution is -0.131. The average molecular weight is 585 g/mol. The number of ether oxygens (including phenoxy) is 1. The molecule has 0 bridgehead atoms. The number of anilines is 4. The predicted molar refractivity (Wildman–Crippen MR) is 174 cm³/mol. The molecule has 8 heteroatoms. The fourth-order valence-corrected chi connectivity index (χ4v) is 4.91. The highest BCUT2D eigenvalue weighted by Crippen LogP contribution is 2.34. The molecule has 5 aromatic carbocycles. The standard InChI is InChI=1S/C36H32N4O4/c1-44-30-22-16-25(17-23-30)24-36(34(42)38-28-10-4-2-5-11-28,35(43)39-29-12-6-3-7-13-29)27-20-18-26(19-21-27)33(41)40-32-15-9-8-14-31(32)37/h2-23H,24,37H2,1H3,(H,38,42)(H,39,43)(H,40,41). The molecule has 0 aliphatic rings. The van der Waals surface area contributed by atoms with Gasteiger partial charge in [0.05, 0.1) is 18.5 Å². The van der Waals surface area contributed by atoms with Crippen LogP contribution < -0.4 is 26.4 Å². The van der Waals surface area contributed by atoms with Gasteiger partial charge in [-0.25, -0.2) is 0 Å². The van der Waals surface area contributed by atoms with Gasteiger partial charge in [-0.05, 0) is 78.2 Å². The zero-order valence-corrected chi connectivity index (χ0v) is 24.1. The zero-order chi connectivity index (χ0) is 30.9. The van der Waals surface area contributed by atoms with Gasteiger partial charge in [-0.15, -0.1) is 0 Å². The van der Waals surface area contributed by atoms with E-state index in [1.807, 2.05) is 24.3 Å². The van der Waals surface area contributed by atoms with Gasteiger partial charge in [-0.1, -0.05) is 72.8 Å². The Labute approximate surface area is 255 Å². The van der Waals surface area contributed by atoms with Gasteiger partial charge in [0.1, 0.15) is 5.75 Å². The Hall–Kier alpha value is -5.89. The number of para-hydroxylation sites is 4. The van der Waals surface area contributed by atoms with Crippen molar-refractivity contribution in [2.45, 2.75) is 11.8 Å². The Morgan fingerprint density at radius 2 is 1.16 bits per heavy atom. The quantitative estimate of drug-likeness (QED) is 0.114. The summed E-state index contributed by atoms with van der Waals surface area (Å²) < 4.78 is 5.32. The van der Waals surface area contributed by atoms with Crippen LogP contribution in [0.4, 0.5) is 22.7 Å². The topological polar surface area (TPSA) is 123 Å². The van der Waals surface area contributed by atoms with Gasteiger partial charge < -0.3 is 26.4 Å². The Balaban J connectivity index is 1.58. The van der Waals surface area contributed by atoms with Crippen LogP contribution in [0.1, 0.15) is 21.5 Å². The van der Waals surface area contributed by atoms with Gasteiger partial charge in [-0.3, -0.25) is 14.4 Å². The van der Waals surface area contributed by atoms with E-state index in [4.69, 9.17) is 10.5 Å². The average Bonchev–Trinajstić information content (AvgIpc) is 3.06. The summed E-state index contributed by atoms with van der Waals surface area (Å²) in [6.45, 7) is 0. The summed E-state index contributed by atoms with van der Waals surface area (Å²) in [5.41, 5.74) is 7.75. The van der Waals surface area contributed by atoms with E-state index >= 15 is 0 Å². The second-order valence-electron chi connectivity index (χ2n) is 10.2. The van der Waals surface area contributed by atoms with E-state index in [0.717, 1.165) is 5.56 Å². The fraction of sp³-hybridized carbons (Fsp3) is 0.0833. The van der Waals surface area contributed by atoms with Crippen LogP contribution in [0.25, 0.3) is 0 Å². The summed E-state index contributed by atoms with van der Waals surface area (Å²) >= 11 is 0. The Kier molecular flexibility index (Phi) is 9.01. The number of methoxy groups -OCH3 is 1. The third-order valence-corrected chi connectivity index (χ3v) is 7.32. The number of nitrogen functional groups attached to an aromatic ring is 1. The van der Waals surface area contributed by atoms with Crippen molar-refractivity contribution in [1.29, 1.82) is 0 Å². The molecule has 0 heterocycles. The molecule has 5 rings (SSSR count). The molecule has 44 heavy (non-hydrogen) atoms. The van der Waals surface area contributed by atoms with Crippen molar-refractivity contribution in [1.82, 2.24) is 0 Å². The molecule has 0 saturated heterocycles. The maximum absolute atomic E-state index is 14.4. The number of carbonyl (C=O) groups excluding carboxylic acids is 3. The molecule has 0 spiro atoms. The molecule has 8 nitrogen and oxygen atoms in total. The van der Waals surface area contributed by atoms with Crippen molar-refractivity contribution in [3.63, 3.8) is 0 Å². The van der Waals surface area contributed by atoms with Crippen molar-refractivity contribution < 1.29 is 19.1 Å². The fourth-order valence-electron chi connectivity index (χ4n) is 4.91. The first-order valence-electron chi connectivity index (χ1n) is 14.0. The van der Waals surface area contributed by atoms with Crippen LogP contribution in [0.5, 0.6) is 5.75 Å². The van der Waals surface area contributed by atoms with E-state index in [0.29, 0.717) is 39.6 Å². The summed E-state index contributed by atoms with van der Waals surface area (Å²) in [6, 6.07) is 38.6. The minimum absolute atomic E-state index is 0.0282. The van der Waals surface area contributed by atoms with E-state index in [1.54, 1.807) is 116 Å². The van der Waals surface area contributed by atoms with E-state index in [-0.39, 0.29) is 12.3 Å². The van der Waals surface area contributed by atoms with Gasteiger partial charge in [0.2, 0.25) is 11.8 Å². The molecule has 0 unspecified atom stereocenters. The van der Waals surface area contributed by atoms with E-state index < -0.39 is 17.2 Å². The number of hydrogen-bond acceptors (Lipinski definition) is 5. The highest BCUT2D eigenvalue weighted by atomic mass is 16.5. The van der Waals surface area contributed by atoms with Crippen molar-refractivity contribution in [3.8, 4) is 5.75 Å². The number of carbonyl (C=O) groups is 3. The first kappa shape index (κ1) is 29.6.